The molecule has 1 fully saturated rings. The minimum absolute atomic E-state index is 0.278. The summed E-state index contributed by atoms with van der Waals surface area (Å²) >= 11 is 0. The molecule has 0 aliphatic carbocycles. The molecule has 0 atom stereocenters. The first kappa shape index (κ1) is 22.0. The summed E-state index contributed by atoms with van der Waals surface area (Å²) in [6.45, 7) is 4.56. The molecule has 9 nitrogen and oxygen atoms in total. The van der Waals surface area contributed by atoms with E-state index in [1.54, 1.807) is 6.20 Å². The molecule has 0 spiro atoms. The highest BCUT2D eigenvalue weighted by Gasteiger charge is 2.17. The standard InChI is InChI=1S/C25H28N8O/c1-32(2)16-17-11-19(14-27-13-17)18-3-5-22-21(12-18)24(31-30-22)25(34)29-20-4-6-23(28-15-20)33-9-7-26-8-10-33/h3-6,11-15,26H,7-10,16H2,1-2H3,(H,29,34)(H,30,31). The van der Waals surface area contributed by atoms with Crippen LogP contribution in [0.5, 0.6) is 0 Å². The third-order valence-corrected chi connectivity index (χ3v) is 5.85. The largest absolute Gasteiger partial charge is 0.354 e. The number of anilines is 2. The molecule has 3 aromatic heterocycles. The number of nitrogens with one attached hydrogen (secondary N) is 3. The molecule has 4 heterocycles. The van der Waals surface area contributed by atoms with E-state index in [0.717, 1.165) is 66.1 Å². The number of nitrogens with zero attached hydrogens (tertiary/aromatic N) is 5. The van der Waals surface area contributed by atoms with Crippen molar-refractivity contribution in [1.82, 2.24) is 30.4 Å². The van der Waals surface area contributed by atoms with E-state index in [0.29, 0.717) is 11.4 Å². The van der Waals surface area contributed by atoms with Gasteiger partial charge in [0.2, 0.25) is 0 Å². The number of rotatable bonds is 6. The molecule has 0 saturated carbocycles. The maximum atomic E-state index is 13.0. The van der Waals surface area contributed by atoms with Gasteiger partial charge in [0.1, 0.15) is 5.82 Å². The fraction of sp³-hybridized carbons (Fsp3) is 0.280. The normalized spacial score (nSPS) is 14.0. The van der Waals surface area contributed by atoms with Crippen LogP contribution in [0, 0.1) is 0 Å². The van der Waals surface area contributed by atoms with Crippen LogP contribution in [0.3, 0.4) is 0 Å². The lowest BCUT2D eigenvalue weighted by Crippen LogP contribution is -2.43. The molecule has 4 aromatic rings. The number of benzene rings is 1. The molecule has 9 heteroatoms. The van der Waals surface area contributed by atoms with Crippen LogP contribution in [0.25, 0.3) is 22.0 Å². The fourth-order valence-electron chi connectivity index (χ4n) is 4.20. The lowest BCUT2D eigenvalue weighted by molar-refractivity contribution is 0.102. The number of carbonyl (C=O) groups is 1. The van der Waals surface area contributed by atoms with Crippen LogP contribution in [-0.2, 0) is 6.54 Å². The van der Waals surface area contributed by atoms with Crippen molar-refractivity contribution >= 4 is 28.3 Å². The number of carbonyl (C=O) groups excluding carboxylic acids is 1. The van der Waals surface area contributed by atoms with Gasteiger partial charge in [-0.1, -0.05) is 6.07 Å². The zero-order chi connectivity index (χ0) is 23.5. The number of hydrogen-bond donors (Lipinski definition) is 3. The van der Waals surface area contributed by atoms with Crippen LogP contribution >= 0.6 is 0 Å². The van der Waals surface area contributed by atoms with Gasteiger partial charge in [-0.25, -0.2) is 4.98 Å². The Bertz CT molecular complexity index is 1290. The van der Waals surface area contributed by atoms with E-state index in [9.17, 15) is 4.79 Å². The van der Waals surface area contributed by atoms with Crippen LogP contribution in [0.1, 0.15) is 16.1 Å². The highest BCUT2D eigenvalue weighted by atomic mass is 16.1. The van der Waals surface area contributed by atoms with Gasteiger partial charge in [-0.2, -0.15) is 5.10 Å². The van der Waals surface area contributed by atoms with Gasteiger partial charge in [0, 0.05) is 56.1 Å². The second-order valence-electron chi connectivity index (χ2n) is 8.75. The average molecular weight is 457 g/mol. The summed E-state index contributed by atoms with van der Waals surface area (Å²) in [7, 11) is 4.06. The van der Waals surface area contributed by atoms with Gasteiger partial charge >= 0.3 is 0 Å². The number of H-pyrrole nitrogens is 1. The van der Waals surface area contributed by atoms with Gasteiger partial charge in [0.15, 0.2) is 5.69 Å². The van der Waals surface area contributed by atoms with Crippen molar-refractivity contribution < 1.29 is 4.79 Å². The van der Waals surface area contributed by atoms with Gasteiger partial charge in [0.05, 0.1) is 17.4 Å². The molecule has 1 saturated heterocycles. The van der Waals surface area contributed by atoms with Gasteiger partial charge in [-0.15, -0.1) is 0 Å². The monoisotopic (exact) mass is 456 g/mol. The SMILES string of the molecule is CN(C)Cc1cncc(-c2ccc3[nH]nc(C(=O)Nc4ccc(N5CCNCC5)nc4)c3c2)c1. The molecule has 1 amide bonds. The molecule has 3 N–H and O–H groups in total. The highest BCUT2D eigenvalue weighted by molar-refractivity contribution is 6.11. The predicted octanol–water partition coefficient (Wildman–Crippen LogP) is 2.74. The third kappa shape index (κ3) is 4.75. The van der Waals surface area contributed by atoms with E-state index in [4.69, 9.17) is 0 Å². The van der Waals surface area contributed by atoms with Gasteiger partial charge in [0.25, 0.3) is 5.91 Å². The van der Waals surface area contributed by atoms with Crippen molar-refractivity contribution in [3.8, 4) is 11.1 Å². The van der Waals surface area contributed by atoms with Crippen LogP contribution < -0.4 is 15.5 Å². The fourth-order valence-corrected chi connectivity index (χ4v) is 4.20. The summed E-state index contributed by atoms with van der Waals surface area (Å²) in [4.78, 5) is 26.3. The Labute approximate surface area is 198 Å². The van der Waals surface area contributed by atoms with Crippen LogP contribution in [0.15, 0.2) is 55.0 Å². The molecule has 1 aliphatic heterocycles. The quantitative estimate of drug-likeness (QED) is 0.410. The Morgan fingerprint density at radius 3 is 2.68 bits per heavy atom. The molecule has 1 aromatic carbocycles. The van der Waals surface area contributed by atoms with Crippen molar-refractivity contribution in [3.63, 3.8) is 0 Å². The smallest absolute Gasteiger partial charge is 0.276 e. The van der Waals surface area contributed by atoms with Crippen molar-refractivity contribution in [1.29, 1.82) is 0 Å². The van der Waals surface area contributed by atoms with E-state index in [1.165, 1.54) is 0 Å². The summed E-state index contributed by atoms with van der Waals surface area (Å²) in [6.07, 6.45) is 5.41. The van der Waals surface area contributed by atoms with E-state index in [1.807, 2.05) is 56.8 Å². The maximum absolute atomic E-state index is 13.0. The van der Waals surface area contributed by atoms with Crippen molar-refractivity contribution in [2.24, 2.45) is 0 Å². The van der Waals surface area contributed by atoms with Crippen LogP contribution in [-0.4, -0.2) is 71.2 Å². The number of aromatic amines is 1. The first-order valence-corrected chi connectivity index (χ1v) is 11.4. The van der Waals surface area contributed by atoms with E-state index in [2.05, 4.69) is 46.7 Å². The highest BCUT2D eigenvalue weighted by Crippen LogP contribution is 2.26. The van der Waals surface area contributed by atoms with E-state index < -0.39 is 0 Å². The van der Waals surface area contributed by atoms with Gasteiger partial charge in [-0.05, 0) is 55.6 Å². The van der Waals surface area contributed by atoms with Crippen molar-refractivity contribution in [3.05, 3.63) is 66.2 Å². The lowest BCUT2D eigenvalue weighted by Gasteiger charge is -2.28. The second-order valence-corrected chi connectivity index (χ2v) is 8.75. The van der Waals surface area contributed by atoms with Crippen molar-refractivity contribution in [2.75, 3.05) is 50.5 Å². The number of aromatic nitrogens is 4. The summed E-state index contributed by atoms with van der Waals surface area (Å²) in [6, 6.07) is 11.9. The minimum atomic E-state index is -0.278. The first-order chi connectivity index (χ1) is 16.6. The number of fused-ring (bicyclic) bond motifs is 1. The molecule has 0 bridgehead atoms. The zero-order valence-electron chi connectivity index (χ0n) is 19.4. The van der Waals surface area contributed by atoms with Gasteiger partial charge in [-0.3, -0.25) is 14.9 Å². The topological polar surface area (TPSA) is 102 Å². The summed E-state index contributed by atoms with van der Waals surface area (Å²) < 4.78 is 0. The molecule has 174 valence electrons. The number of amides is 1. The van der Waals surface area contributed by atoms with E-state index >= 15 is 0 Å². The average Bonchev–Trinajstić information content (AvgIpc) is 3.28. The van der Waals surface area contributed by atoms with Crippen LogP contribution in [0.2, 0.25) is 0 Å². The summed E-state index contributed by atoms with van der Waals surface area (Å²) in [5, 5.41) is 14.3. The molecule has 0 radical (unpaired) electrons. The Hall–Kier alpha value is -3.82. The van der Waals surface area contributed by atoms with Gasteiger partial charge < -0.3 is 20.4 Å². The molecule has 34 heavy (non-hydrogen) atoms. The summed E-state index contributed by atoms with van der Waals surface area (Å²) in [5.41, 5.74) is 4.90. The van der Waals surface area contributed by atoms with E-state index in [-0.39, 0.29) is 5.91 Å². The number of pyridine rings is 2. The maximum Gasteiger partial charge on any atom is 0.276 e. The van der Waals surface area contributed by atoms with Crippen LogP contribution in [0.4, 0.5) is 11.5 Å². The zero-order valence-corrected chi connectivity index (χ0v) is 19.4. The Balaban J connectivity index is 1.36. The third-order valence-electron chi connectivity index (χ3n) is 5.85. The Morgan fingerprint density at radius 1 is 1.06 bits per heavy atom. The Kier molecular flexibility index (Phi) is 6.20. The van der Waals surface area contributed by atoms with Crippen molar-refractivity contribution in [2.45, 2.75) is 6.54 Å². The molecular weight excluding hydrogens is 428 g/mol. The molecule has 0 unspecified atom stereocenters. The lowest BCUT2D eigenvalue weighted by atomic mass is 10.0. The molecule has 5 rings (SSSR count). The summed E-state index contributed by atoms with van der Waals surface area (Å²) in [5.74, 6) is 0.638. The second kappa shape index (κ2) is 9.58. The minimum Gasteiger partial charge on any atom is -0.354 e. The predicted molar refractivity (Wildman–Crippen MR) is 134 cm³/mol. The number of piperazine rings is 1. The molecule has 1 aliphatic rings. The Morgan fingerprint density at radius 2 is 1.91 bits per heavy atom. The number of hydrogen-bond acceptors (Lipinski definition) is 7. The first-order valence-electron chi connectivity index (χ1n) is 11.4. The molecular formula is C25H28N8O.